The number of carbonyl (C=O) groups is 2. The monoisotopic (exact) mass is 299 g/mol. The first kappa shape index (κ1) is 16.4. The minimum Gasteiger partial charge on any atom is -0.481 e. The van der Waals surface area contributed by atoms with Crippen LogP contribution >= 0.6 is 11.3 Å². The number of hydrogen-bond acceptors (Lipinski definition) is 4. The lowest BCUT2D eigenvalue weighted by molar-refractivity contribution is -0.137. The van der Waals surface area contributed by atoms with Gasteiger partial charge < -0.3 is 10.4 Å². The zero-order valence-electron chi connectivity index (χ0n) is 12.2. The first-order chi connectivity index (χ1) is 9.21. The molecule has 0 fully saturated rings. The maximum Gasteiger partial charge on any atom is 0.320 e. The highest BCUT2D eigenvalue weighted by atomic mass is 32.1. The van der Waals surface area contributed by atoms with Gasteiger partial charge in [0.25, 0.3) is 0 Å². The number of carboxylic acids is 1. The van der Waals surface area contributed by atoms with Crippen molar-refractivity contribution in [3.05, 3.63) is 10.4 Å². The van der Waals surface area contributed by atoms with Crippen molar-refractivity contribution in [1.29, 1.82) is 0 Å². The molecule has 0 unspecified atom stereocenters. The third-order valence-corrected chi connectivity index (χ3v) is 3.90. The number of aliphatic carboxylic acids is 1. The van der Waals surface area contributed by atoms with E-state index in [9.17, 15) is 9.59 Å². The Bertz CT molecular complexity index is 483. The zero-order valence-corrected chi connectivity index (χ0v) is 13.0. The van der Waals surface area contributed by atoms with Crippen molar-refractivity contribution in [1.82, 2.24) is 10.3 Å². The van der Waals surface area contributed by atoms with Crippen LogP contribution in [0.2, 0.25) is 0 Å². The van der Waals surface area contributed by atoms with Crippen LogP contribution in [0, 0.1) is 0 Å². The second kappa shape index (κ2) is 6.69. The SMILES string of the molecule is CC(C)c1scnc1NC(=O)NC(C)(C)CCC(=O)O. The highest BCUT2D eigenvalue weighted by Gasteiger charge is 2.22. The van der Waals surface area contributed by atoms with Crippen LogP contribution in [0.1, 0.15) is 51.3 Å². The van der Waals surface area contributed by atoms with E-state index in [4.69, 9.17) is 5.11 Å². The average Bonchev–Trinajstić information content (AvgIpc) is 2.73. The number of carbonyl (C=O) groups excluding carboxylic acids is 1. The quantitative estimate of drug-likeness (QED) is 0.753. The van der Waals surface area contributed by atoms with Crippen LogP contribution in [0.5, 0.6) is 0 Å². The van der Waals surface area contributed by atoms with Gasteiger partial charge in [-0.15, -0.1) is 11.3 Å². The molecule has 3 N–H and O–H groups in total. The largest absolute Gasteiger partial charge is 0.481 e. The fraction of sp³-hybridized carbons (Fsp3) is 0.615. The van der Waals surface area contributed by atoms with Crippen molar-refractivity contribution in [3.8, 4) is 0 Å². The van der Waals surface area contributed by atoms with Gasteiger partial charge in [-0.3, -0.25) is 10.1 Å². The lowest BCUT2D eigenvalue weighted by atomic mass is 9.99. The smallest absolute Gasteiger partial charge is 0.320 e. The zero-order chi connectivity index (χ0) is 15.3. The Balaban J connectivity index is 2.58. The van der Waals surface area contributed by atoms with Gasteiger partial charge in [0.1, 0.15) is 5.82 Å². The highest BCUT2D eigenvalue weighted by Crippen LogP contribution is 2.27. The van der Waals surface area contributed by atoms with E-state index >= 15 is 0 Å². The van der Waals surface area contributed by atoms with E-state index in [0.717, 1.165) is 4.88 Å². The van der Waals surface area contributed by atoms with Gasteiger partial charge >= 0.3 is 12.0 Å². The third-order valence-electron chi connectivity index (χ3n) is 2.77. The molecule has 7 heteroatoms. The number of nitrogens with one attached hydrogen (secondary N) is 2. The Kier molecular flexibility index (Phi) is 5.50. The lowest BCUT2D eigenvalue weighted by Gasteiger charge is -2.25. The Hall–Kier alpha value is -1.63. The van der Waals surface area contributed by atoms with Crippen molar-refractivity contribution < 1.29 is 14.7 Å². The molecule has 0 saturated carbocycles. The van der Waals surface area contributed by atoms with E-state index in [0.29, 0.717) is 12.2 Å². The van der Waals surface area contributed by atoms with Crippen LogP contribution in [0.3, 0.4) is 0 Å². The van der Waals surface area contributed by atoms with Crippen molar-refractivity contribution in [3.63, 3.8) is 0 Å². The molecule has 0 spiro atoms. The molecule has 0 radical (unpaired) electrons. The number of carboxylic acid groups (broad SMARTS) is 1. The van der Waals surface area contributed by atoms with Crippen LogP contribution < -0.4 is 10.6 Å². The molecule has 2 amide bonds. The van der Waals surface area contributed by atoms with Crippen molar-refractivity contribution in [2.45, 2.75) is 52.0 Å². The summed E-state index contributed by atoms with van der Waals surface area (Å²) in [5, 5.41) is 14.2. The molecule has 1 heterocycles. The predicted molar refractivity (Wildman–Crippen MR) is 79.3 cm³/mol. The molecule has 112 valence electrons. The minimum absolute atomic E-state index is 0.0151. The molecule has 6 nitrogen and oxygen atoms in total. The summed E-state index contributed by atoms with van der Waals surface area (Å²) in [6.07, 6.45) is 0.380. The topological polar surface area (TPSA) is 91.3 Å². The van der Waals surface area contributed by atoms with Gasteiger partial charge in [0.15, 0.2) is 0 Å². The molecule has 0 aliphatic heterocycles. The summed E-state index contributed by atoms with van der Waals surface area (Å²) in [6, 6.07) is -0.367. The standard InChI is InChI=1S/C13H21N3O3S/c1-8(2)10-11(14-7-20-10)15-12(19)16-13(3,4)6-5-9(17)18/h7-8H,5-6H2,1-4H3,(H,17,18)(H2,15,16,19). The number of hydrogen-bond donors (Lipinski definition) is 3. The summed E-state index contributed by atoms with van der Waals surface area (Å²) >= 11 is 1.50. The van der Waals surface area contributed by atoms with E-state index in [2.05, 4.69) is 15.6 Å². The number of nitrogens with zero attached hydrogens (tertiary/aromatic N) is 1. The fourth-order valence-electron chi connectivity index (χ4n) is 1.69. The molecule has 20 heavy (non-hydrogen) atoms. The van der Waals surface area contributed by atoms with Crippen molar-refractivity contribution >= 4 is 29.2 Å². The van der Waals surface area contributed by atoms with Crippen LogP contribution in [-0.4, -0.2) is 27.6 Å². The first-order valence-electron chi connectivity index (χ1n) is 6.45. The van der Waals surface area contributed by atoms with Gasteiger partial charge in [-0.25, -0.2) is 9.78 Å². The highest BCUT2D eigenvalue weighted by molar-refractivity contribution is 7.10. The molecular formula is C13H21N3O3S. The van der Waals surface area contributed by atoms with Gasteiger partial charge in [-0.05, 0) is 26.2 Å². The maximum atomic E-state index is 11.9. The second-order valence-electron chi connectivity index (χ2n) is 5.58. The number of aromatic nitrogens is 1. The van der Waals surface area contributed by atoms with Gasteiger partial charge in [-0.1, -0.05) is 13.8 Å². The molecule has 0 aromatic carbocycles. The van der Waals surface area contributed by atoms with Crippen LogP contribution in [0.15, 0.2) is 5.51 Å². The van der Waals surface area contributed by atoms with Gasteiger partial charge in [0, 0.05) is 12.0 Å². The second-order valence-corrected chi connectivity index (χ2v) is 6.46. The Labute approximate surface area is 122 Å². The summed E-state index contributed by atoms with van der Waals surface area (Å²) in [6.45, 7) is 7.65. The fourth-order valence-corrected chi connectivity index (χ4v) is 2.45. The van der Waals surface area contributed by atoms with Crippen molar-refractivity contribution in [2.24, 2.45) is 0 Å². The number of anilines is 1. The van der Waals surface area contributed by atoms with E-state index in [-0.39, 0.29) is 18.4 Å². The summed E-state index contributed by atoms with van der Waals surface area (Å²) in [4.78, 5) is 27.7. The Morgan fingerprint density at radius 3 is 2.65 bits per heavy atom. The molecule has 1 rings (SSSR count). The molecule has 0 aliphatic carbocycles. The maximum absolute atomic E-state index is 11.9. The van der Waals surface area contributed by atoms with E-state index in [1.807, 2.05) is 13.8 Å². The molecular weight excluding hydrogens is 278 g/mol. The predicted octanol–water partition coefficient (Wildman–Crippen LogP) is 3.03. The van der Waals surface area contributed by atoms with Crippen LogP contribution in [0.4, 0.5) is 10.6 Å². The first-order valence-corrected chi connectivity index (χ1v) is 7.33. The number of urea groups is 1. The van der Waals surface area contributed by atoms with Gasteiger partial charge in [0.05, 0.1) is 10.4 Å². The summed E-state index contributed by atoms with van der Waals surface area (Å²) < 4.78 is 0. The van der Waals surface area contributed by atoms with Crippen LogP contribution in [-0.2, 0) is 4.79 Å². The van der Waals surface area contributed by atoms with Crippen molar-refractivity contribution in [2.75, 3.05) is 5.32 Å². The molecule has 0 atom stereocenters. The third kappa shape index (κ3) is 5.16. The van der Waals surface area contributed by atoms with Crippen LogP contribution in [0.25, 0.3) is 0 Å². The summed E-state index contributed by atoms with van der Waals surface area (Å²) in [5.74, 6) is -0.0174. The number of rotatable bonds is 6. The molecule has 1 aromatic heterocycles. The van der Waals surface area contributed by atoms with E-state index < -0.39 is 11.5 Å². The van der Waals surface area contributed by atoms with Gasteiger partial charge in [-0.2, -0.15) is 0 Å². The lowest BCUT2D eigenvalue weighted by Crippen LogP contribution is -2.45. The molecule has 0 bridgehead atoms. The summed E-state index contributed by atoms with van der Waals surface area (Å²) in [5.41, 5.74) is 1.11. The Morgan fingerprint density at radius 1 is 1.45 bits per heavy atom. The van der Waals surface area contributed by atoms with E-state index in [1.54, 1.807) is 19.4 Å². The normalized spacial score (nSPS) is 11.4. The number of amides is 2. The minimum atomic E-state index is -0.873. The molecule has 1 aromatic rings. The number of thiazole rings is 1. The van der Waals surface area contributed by atoms with Gasteiger partial charge in [0.2, 0.25) is 0 Å². The average molecular weight is 299 g/mol. The molecule has 0 aliphatic rings. The van der Waals surface area contributed by atoms with E-state index in [1.165, 1.54) is 11.3 Å². The Morgan fingerprint density at radius 2 is 2.10 bits per heavy atom. The molecule has 0 saturated heterocycles. The summed E-state index contributed by atoms with van der Waals surface area (Å²) in [7, 11) is 0.